The van der Waals surface area contributed by atoms with E-state index >= 15 is 0 Å². The molecule has 0 unspecified atom stereocenters. The van der Waals surface area contributed by atoms with Gasteiger partial charge in [-0.2, -0.15) is 0 Å². The van der Waals surface area contributed by atoms with Crippen molar-refractivity contribution in [3.63, 3.8) is 0 Å². The van der Waals surface area contributed by atoms with Crippen LogP contribution in [0.4, 0.5) is 5.69 Å². The molecule has 2 N–H and O–H groups in total. The van der Waals surface area contributed by atoms with Gasteiger partial charge < -0.3 is 15.2 Å². The maximum atomic E-state index is 5.26. The van der Waals surface area contributed by atoms with Gasteiger partial charge in [-0.25, -0.2) is 4.98 Å². The van der Waals surface area contributed by atoms with Crippen LogP contribution in [0.15, 0.2) is 42.5 Å². The first-order valence-electron chi connectivity index (χ1n) is 10.7. The highest BCUT2D eigenvalue weighted by Gasteiger charge is 2.28. The average molecular weight is 375 g/mol. The lowest BCUT2D eigenvalue weighted by molar-refractivity contribution is 0.274. The minimum absolute atomic E-state index is 0.512. The summed E-state index contributed by atoms with van der Waals surface area (Å²) in [5.74, 6) is 1.82. The van der Waals surface area contributed by atoms with E-state index in [0.717, 1.165) is 25.9 Å². The van der Waals surface area contributed by atoms with Crippen LogP contribution in [-0.2, 0) is 12.8 Å². The first kappa shape index (κ1) is 17.7. The normalized spacial score (nSPS) is 24.7. The van der Waals surface area contributed by atoms with Gasteiger partial charge in [0.15, 0.2) is 0 Å². The summed E-state index contributed by atoms with van der Waals surface area (Å²) in [5.41, 5.74) is 6.56. The topological polar surface area (TPSA) is 41.9 Å². The summed E-state index contributed by atoms with van der Waals surface area (Å²) in [6, 6.07) is 16.4. The van der Waals surface area contributed by atoms with Gasteiger partial charge in [-0.05, 0) is 62.9 Å². The second-order valence-corrected chi connectivity index (χ2v) is 8.64. The Morgan fingerprint density at radius 3 is 2.75 bits per heavy atom. The van der Waals surface area contributed by atoms with E-state index in [0.29, 0.717) is 18.0 Å². The number of nitrogens with zero attached hydrogens (tertiary/aromatic N) is 2. The third kappa shape index (κ3) is 3.10. The number of aromatic nitrogens is 2. The lowest BCUT2D eigenvalue weighted by Gasteiger charge is -2.32. The van der Waals surface area contributed by atoms with Gasteiger partial charge in [0.05, 0.1) is 11.0 Å². The number of nitrogens with one attached hydrogen (secondary N) is 2. The molecule has 3 heterocycles. The van der Waals surface area contributed by atoms with Crippen molar-refractivity contribution in [1.82, 2.24) is 14.9 Å². The van der Waals surface area contributed by atoms with Crippen molar-refractivity contribution in [2.45, 2.75) is 51.6 Å². The first-order valence-corrected chi connectivity index (χ1v) is 10.7. The second kappa shape index (κ2) is 7.25. The molecule has 0 bridgehead atoms. The lowest BCUT2D eigenvalue weighted by atomic mass is 9.94. The Morgan fingerprint density at radius 1 is 1.07 bits per heavy atom. The van der Waals surface area contributed by atoms with Crippen LogP contribution in [0, 0.1) is 5.92 Å². The van der Waals surface area contributed by atoms with Crippen LogP contribution in [-0.4, -0.2) is 28.7 Å². The molecule has 0 saturated carbocycles. The van der Waals surface area contributed by atoms with Crippen LogP contribution in [0.2, 0.25) is 0 Å². The molecule has 1 fully saturated rings. The average Bonchev–Trinajstić information content (AvgIpc) is 3.07. The molecule has 5 rings (SSSR count). The van der Waals surface area contributed by atoms with Gasteiger partial charge in [-0.1, -0.05) is 37.3 Å². The van der Waals surface area contributed by atoms with Gasteiger partial charge in [0.25, 0.3) is 0 Å². The van der Waals surface area contributed by atoms with Crippen LogP contribution in [0.5, 0.6) is 0 Å². The van der Waals surface area contributed by atoms with Gasteiger partial charge in [-0.3, -0.25) is 0 Å². The standard InChI is InChI=1S/C24H30N4/c1-16-15-25-13-12-21(16)28-22-11-10-20-19(9-8-17(2)26-20)24(22)27-23(28)14-18-6-4-3-5-7-18/h3-7,10-11,16-17,21,25-26H,8-9,12-15H2,1-2H3/t16-,17+,21+/m1/s1. The van der Waals surface area contributed by atoms with Gasteiger partial charge in [-0.15, -0.1) is 0 Å². The van der Waals surface area contributed by atoms with E-state index in [4.69, 9.17) is 4.98 Å². The predicted octanol–water partition coefficient (Wildman–Crippen LogP) is 4.54. The number of hydrogen-bond donors (Lipinski definition) is 2. The van der Waals surface area contributed by atoms with Crippen molar-refractivity contribution in [2.24, 2.45) is 5.92 Å². The zero-order chi connectivity index (χ0) is 19.1. The minimum Gasteiger partial charge on any atom is -0.382 e. The van der Waals surface area contributed by atoms with Crippen molar-refractivity contribution >= 4 is 16.7 Å². The maximum Gasteiger partial charge on any atom is 0.114 e. The predicted molar refractivity (Wildman–Crippen MR) is 116 cm³/mol. The highest BCUT2D eigenvalue weighted by Crippen LogP contribution is 2.36. The van der Waals surface area contributed by atoms with Crippen molar-refractivity contribution in [3.8, 4) is 0 Å². The number of benzene rings is 2. The third-order valence-electron chi connectivity index (χ3n) is 6.55. The Morgan fingerprint density at radius 2 is 1.93 bits per heavy atom. The molecular weight excluding hydrogens is 344 g/mol. The van der Waals surface area contributed by atoms with E-state index in [-0.39, 0.29) is 0 Å². The first-order chi connectivity index (χ1) is 13.7. The number of hydrogen-bond acceptors (Lipinski definition) is 3. The second-order valence-electron chi connectivity index (χ2n) is 8.64. The molecule has 4 nitrogen and oxygen atoms in total. The summed E-state index contributed by atoms with van der Waals surface area (Å²) in [6.07, 6.45) is 4.35. The zero-order valence-electron chi connectivity index (χ0n) is 16.9. The summed E-state index contributed by atoms with van der Waals surface area (Å²) < 4.78 is 2.58. The molecule has 0 spiro atoms. The number of fused-ring (bicyclic) bond motifs is 3. The Bertz CT molecular complexity index is 975. The molecule has 1 saturated heterocycles. The molecule has 4 heteroatoms. The summed E-state index contributed by atoms with van der Waals surface area (Å²) in [5, 5.41) is 7.21. The SMILES string of the molecule is C[C@@H]1CNCC[C@@H]1n1c(Cc2ccccc2)nc2c3c(ccc21)N[C@@H](C)CC3. The maximum absolute atomic E-state index is 5.26. The number of piperidine rings is 1. The Labute approximate surface area is 167 Å². The van der Waals surface area contributed by atoms with Gasteiger partial charge in [0, 0.05) is 29.8 Å². The largest absolute Gasteiger partial charge is 0.382 e. The van der Waals surface area contributed by atoms with E-state index < -0.39 is 0 Å². The molecule has 3 aromatic rings. The lowest BCUT2D eigenvalue weighted by Crippen LogP contribution is -2.37. The Hall–Kier alpha value is -2.33. The molecule has 2 aliphatic rings. The van der Waals surface area contributed by atoms with Crippen LogP contribution in [0.3, 0.4) is 0 Å². The number of rotatable bonds is 3. The van der Waals surface area contributed by atoms with E-state index in [2.05, 4.69) is 71.5 Å². The van der Waals surface area contributed by atoms with Crippen LogP contribution in [0.25, 0.3) is 11.0 Å². The molecule has 146 valence electrons. The molecule has 0 radical (unpaired) electrons. The van der Waals surface area contributed by atoms with Gasteiger partial charge in [0.2, 0.25) is 0 Å². The molecule has 28 heavy (non-hydrogen) atoms. The highest BCUT2D eigenvalue weighted by molar-refractivity contribution is 5.86. The number of anilines is 1. The third-order valence-corrected chi connectivity index (χ3v) is 6.55. The zero-order valence-corrected chi connectivity index (χ0v) is 16.9. The minimum atomic E-state index is 0.512. The Kier molecular flexibility index (Phi) is 4.59. The van der Waals surface area contributed by atoms with Crippen molar-refractivity contribution in [3.05, 3.63) is 59.4 Å². The van der Waals surface area contributed by atoms with Crippen LogP contribution < -0.4 is 10.6 Å². The molecule has 1 aromatic heterocycles. The number of imidazole rings is 1. The van der Waals surface area contributed by atoms with E-state index in [9.17, 15) is 0 Å². The van der Waals surface area contributed by atoms with E-state index in [1.165, 1.54) is 46.5 Å². The fourth-order valence-corrected chi connectivity index (χ4v) is 5.01. The molecule has 2 aromatic carbocycles. The summed E-state index contributed by atoms with van der Waals surface area (Å²) in [4.78, 5) is 5.26. The van der Waals surface area contributed by atoms with Crippen LogP contribution >= 0.6 is 0 Å². The van der Waals surface area contributed by atoms with E-state index in [1.54, 1.807) is 0 Å². The molecule has 0 aliphatic carbocycles. The highest BCUT2D eigenvalue weighted by atomic mass is 15.1. The molecule has 0 amide bonds. The fourth-order valence-electron chi connectivity index (χ4n) is 5.01. The van der Waals surface area contributed by atoms with Crippen LogP contribution in [0.1, 0.15) is 49.7 Å². The van der Waals surface area contributed by atoms with E-state index in [1.807, 2.05) is 0 Å². The smallest absolute Gasteiger partial charge is 0.114 e. The quantitative estimate of drug-likeness (QED) is 0.707. The number of aryl methyl sites for hydroxylation is 1. The van der Waals surface area contributed by atoms with Crippen molar-refractivity contribution in [1.29, 1.82) is 0 Å². The summed E-state index contributed by atoms with van der Waals surface area (Å²) in [6.45, 7) is 6.81. The van der Waals surface area contributed by atoms with Gasteiger partial charge >= 0.3 is 0 Å². The molecule has 3 atom stereocenters. The van der Waals surface area contributed by atoms with Crippen molar-refractivity contribution < 1.29 is 0 Å². The summed E-state index contributed by atoms with van der Waals surface area (Å²) in [7, 11) is 0. The van der Waals surface area contributed by atoms with Crippen molar-refractivity contribution in [2.75, 3.05) is 18.4 Å². The summed E-state index contributed by atoms with van der Waals surface area (Å²) >= 11 is 0. The Balaban J connectivity index is 1.66. The van der Waals surface area contributed by atoms with Gasteiger partial charge in [0.1, 0.15) is 5.82 Å². The fraction of sp³-hybridized carbons (Fsp3) is 0.458. The monoisotopic (exact) mass is 374 g/mol. The molecular formula is C24H30N4. The molecule has 2 aliphatic heterocycles.